The van der Waals surface area contributed by atoms with E-state index in [-0.39, 0.29) is 27.5 Å². The molecule has 1 aromatic rings. The molecule has 3 atom stereocenters. The van der Waals surface area contributed by atoms with Crippen LogP contribution in [0.2, 0.25) is 0 Å². The van der Waals surface area contributed by atoms with E-state index in [0.29, 0.717) is 25.5 Å². The van der Waals surface area contributed by atoms with Gasteiger partial charge in [-0.2, -0.15) is 0 Å². The van der Waals surface area contributed by atoms with E-state index < -0.39 is 31.7 Å². The first kappa shape index (κ1) is 52.0. The Bertz CT molecular complexity index is 1920. The SMILES string of the molecule is C=C(NC(Cc1ccc(CS(C)(C)C(C)(C)C)c(CS(C)(C)C(C)(C)C)c1)C(=O)OCCCCCCOC1=CC(C2C=CC=CN2C)N(C)C(C2=CC=CCN2C)=C1)OC(C)(C)C. The molecule has 10 heteroatoms. The summed E-state index contributed by atoms with van der Waals surface area (Å²) >= 11 is 0. The molecule has 3 aliphatic rings. The first-order valence-electron chi connectivity index (χ1n) is 23.0. The van der Waals surface area contributed by atoms with Crippen molar-refractivity contribution in [1.82, 2.24) is 20.0 Å². The molecule has 0 fully saturated rings. The molecule has 0 spiro atoms. The second-order valence-corrected chi connectivity index (χ2v) is 30.8. The number of esters is 1. The number of carbonyl (C=O) groups excluding carboxylic acids is 1. The average molecular weight is 907 g/mol. The van der Waals surface area contributed by atoms with Gasteiger partial charge in [-0.25, -0.2) is 24.9 Å². The fraction of sp³-hybridized carbons (Fsp3) is 0.604. The summed E-state index contributed by atoms with van der Waals surface area (Å²) in [5, 5.41) is 3.31. The molecular formula is C53H86N4O4S2. The molecule has 63 heavy (non-hydrogen) atoms. The van der Waals surface area contributed by atoms with Gasteiger partial charge < -0.3 is 34.2 Å². The summed E-state index contributed by atoms with van der Waals surface area (Å²) in [6, 6.07) is 6.60. The summed E-state index contributed by atoms with van der Waals surface area (Å²) in [6.07, 6.45) is 33.5. The molecule has 0 radical (unpaired) electrons. The van der Waals surface area contributed by atoms with Gasteiger partial charge >= 0.3 is 5.97 Å². The highest BCUT2D eigenvalue weighted by Crippen LogP contribution is 2.58. The number of rotatable bonds is 20. The number of nitrogens with zero attached hydrogens (tertiary/aromatic N) is 3. The van der Waals surface area contributed by atoms with E-state index in [1.165, 1.54) is 16.8 Å². The van der Waals surface area contributed by atoms with Crippen molar-refractivity contribution in [3.05, 3.63) is 119 Å². The van der Waals surface area contributed by atoms with Gasteiger partial charge in [-0.1, -0.05) is 84.0 Å². The van der Waals surface area contributed by atoms with Gasteiger partial charge in [-0.15, -0.1) is 0 Å². The van der Waals surface area contributed by atoms with Crippen molar-refractivity contribution in [3.8, 4) is 0 Å². The van der Waals surface area contributed by atoms with Crippen LogP contribution in [0.15, 0.2) is 103 Å². The van der Waals surface area contributed by atoms with Crippen LogP contribution in [0.25, 0.3) is 0 Å². The van der Waals surface area contributed by atoms with Gasteiger partial charge in [0, 0.05) is 51.7 Å². The van der Waals surface area contributed by atoms with Gasteiger partial charge in [-0.05, 0) is 129 Å². The van der Waals surface area contributed by atoms with E-state index in [1.807, 2.05) is 20.8 Å². The molecule has 354 valence electrons. The van der Waals surface area contributed by atoms with Gasteiger partial charge in [-0.3, -0.25) is 0 Å². The van der Waals surface area contributed by atoms with Crippen LogP contribution < -0.4 is 5.32 Å². The minimum absolute atomic E-state index is 0.117. The third kappa shape index (κ3) is 15.0. The van der Waals surface area contributed by atoms with Crippen LogP contribution in [-0.4, -0.2) is 120 Å². The number of nitrogens with one attached hydrogen (secondary N) is 1. The van der Waals surface area contributed by atoms with Gasteiger partial charge in [0.25, 0.3) is 0 Å². The van der Waals surface area contributed by atoms with Gasteiger partial charge in [0.1, 0.15) is 17.4 Å². The fourth-order valence-corrected chi connectivity index (χ4v) is 10.5. The molecule has 0 aliphatic carbocycles. The molecule has 0 saturated heterocycles. The number of benzene rings is 1. The predicted octanol–water partition coefficient (Wildman–Crippen LogP) is 11.2. The number of carbonyl (C=O) groups is 1. The summed E-state index contributed by atoms with van der Waals surface area (Å²) in [5.74, 6) is 3.13. The molecule has 0 saturated carbocycles. The first-order chi connectivity index (χ1) is 29.2. The zero-order valence-corrected chi connectivity index (χ0v) is 43.9. The van der Waals surface area contributed by atoms with Crippen molar-refractivity contribution in [2.24, 2.45) is 0 Å². The van der Waals surface area contributed by atoms with Crippen LogP contribution in [-0.2, 0) is 36.9 Å². The van der Waals surface area contributed by atoms with E-state index in [4.69, 9.17) is 14.2 Å². The summed E-state index contributed by atoms with van der Waals surface area (Å²) in [5.41, 5.74) is 5.87. The van der Waals surface area contributed by atoms with Crippen molar-refractivity contribution < 1.29 is 19.0 Å². The third-order valence-electron chi connectivity index (χ3n) is 13.1. The van der Waals surface area contributed by atoms with Crippen molar-refractivity contribution in [3.63, 3.8) is 0 Å². The Morgan fingerprint density at radius 3 is 2.06 bits per heavy atom. The maximum Gasteiger partial charge on any atom is 0.328 e. The standard InChI is InChI=1S/C53H86N4O4S2/c1-40(61-51(2,3)4)54-45(35-41-28-29-42(38-62(14,15)52(5,6)7)43(34-41)39-63(16,17)53(8,9)10)50(58)60-33-25-19-18-24-32-59-44-36-48(46-26-20-22-30-55(46)11)57(13)49(37-44)47-27-21-23-31-56(47)12/h20-23,26-30,34,36-37,45-46,48,54H,1,18-19,24-25,31-33,35,38-39H2,2-17H3. The maximum atomic E-state index is 13.9. The largest absolute Gasteiger partial charge is 0.494 e. The smallest absolute Gasteiger partial charge is 0.328 e. The van der Waals surface area contributed by atoms with Crippen LogP contribution >= 0.6 is 20.1 Å². The van der Waals surface area contributed by atoms with E-state index >= 15 is 0 Å². The van der Waals surface area contributed by atoms with Gasteiger partial charge in [0.05, 0.1) is 36.7 Å². The molecule has 1 aromatic carbocycles. The Labute approximate surface area is 387 Å². The number of hydrogen-bond acceptors (Lipinski definition) is 8. The Balaban J connectivity index is 1.39. The Kier molecular flexibility index (Phi) is 17.8. The Hall–Kier alpha value is -3.63. The molecule has 0 bridgehead atoms. The molecule has 3 aliphatic heterocycles. The second kappa shape index (κ2) is 21.6. The topological polar surface area (TPSA) is 66.5 Å². The van der Waals surface area contributed by atoms with Crippen molar-refractivity contribution in [1.29, 1.82) is 0 Å². The summed E-state index contributed by atoms with van der Waals surface area (Å²) in [6.45, 7) is 26.2. The van der Waals surface area contributed by atoms with Gasteiger partial charge in [0.2, 0.25) is 0 Å². The highest BCUT2D eigenvalue weighted by molar-refractivity contribution is 8.33. The molecular weight excluding hydrogens is 821 g/mol. The zero-order chi connectivity index (χ0) is 47.0. The normalized spacial score (nSPS) is 19.6. The molecule has 0 aromatic heterocycles. The van der Waals surface area contributed by atoms with Crippen molar-refractivity contribution in [2.75, 3.05) is 65.9 Å². The van der Waals surface area contributed by atoms with Crippen LogP contribution in [0, 0.1) is 0 Å². The quantitative estimate of drug-likeness (QED) is 0.0789. The van der Waals surface area contributed by atoms with E-state index in [1.54, 1.807) is 0 Å². The van der Waals surface area contributed by atoms with Crippen molar-refractivity contribution in [2.45, 2.75) is 139 Å². The lowest BCUT2D eigenvalue weighted by Gasteiger charge is -2.47. The Morgan fingerprint density at radius 1 is 0.825 bits per heavy atom. The average Bonchev–Trinajstić information content (AvgIpc) is 3.16. The molecule has 3 heterocycles. The zero-order valence-electron chi connectivity index (χ0n) is 42.2. The molecule has 0 amide bonds. The summed E-state index contributed by atoms with van der Waals surface area (Å²) < 4.78 is 18.9. The molecule has 4 rings (SSSR count). The van der Waals surface area contributed by atoms with E-state index in [0.717, 1.165) is 60.8 Å². The number of likely N-dealkylation sites (N-methyl/N-ethyl adjacent to an activating group) is 3. The second-order valence-electron chi connectivity index (χ2n) is 21.6. The van der Waals surface area contributed by atoms with Crippen LogP contribution in [0.1, 0.15) is 105 Å². The number of allylic oxidation sites excluding steroid dienone is 5. The number of ether oxygens (including phenoxy) is 3. The highest BCUT2D eigenvalue weighted by Gasteiger charge is 2.34. The fourth-order valence-electron chi connectivity index (χ4n) is 7.57. The lowest BCUT2D eigenvalue weighted by atomic mass is 9.97. The highest BCUT2D eigenvalue weighted by atomic mass is 32.3. The number of unbranched alkanes of at least 4 members (excludes halogenated alkanes) is 3. The first-order valence-corrected chi connectivity index (χ1v) is 28.2. The van der Waals surface area contributed by atoms with Crippen LogP contribution in [0.4, 0.5) is 0 Å². The van der Waals surface area contributed by atoms with Crippen LogP contribution in [0.3, 0.4) is 0 Å². The number of hydrogen-bond donors (Lipinski definition) is 1. The van der Waals surface area contributed by atoms with Crippen molar-refractivity contribution >= 4 is 26.0 Å². The molecule has 8 nitrogen and oxygen atoms in total. The van der Waals surface area contributed by atoms with Gasteiger partial charge in [0.15, 0.2) is 5.88 Å². The summed E-state index contributed by atoms with van der Waals surface area (Å²) in [7, 11) is 4.56. The van der Waals surface area contributed by atoms with E-state index in [2.05, 4.69) is 187 Å². The monoisotopic (exact) mass is 907 g/mol. The minimum atomic E-state index is -0.972. The molecule has 1 N–H and O–H groups in total. The summed E-state index contributed by atoms with van der Waals surface area (Å²) in [4.78, 5) is 20.8. The third-order valence-corrected chi connectivity index (χ3v) is 21.8. The minimum Gasteiger partial charge on any atom is -0.494 e. The van der Waals surface area contributed by atoms with Crippen LogP contribution in [0.5, 0.6) is 0 Å². The Morgan fingerprint density at radius 2 is 1.46 bits per heavy atom. The predicted molar refractivity (Wildman–Crippen MR) is 276 cm³/mol. The lowest BCUT2D eigenvalue weighted by molar-refractivity contribution is -0.146. The van der Waals surface area contributed by atoms with E-state index in [9.17, 15) is 4.79 Å². The molecule has 3 unspecified atom stereocenters. The lowest BCUT2D eigenvalue weighted by Crippen LogP contribution is -2.48. The maximum absolute atomic E-state index is 13.9.